The van der Waals surface area contributed by atoms with E-state index in [-0.39, 0.29) is 28.7 Å². The summed E-state index contributed by atoms with van der Waals surface area (Å²) >= 11 is 0. The third-order valence-corrected chi connectivity index (χ3v) is 4.05. The Bertz CT molecular complexity index is 1060. The lowest BCUT2D eigenvalue weighted by Crippen LogP contribution is -2.33. The molecule has 0 radical (unpaired) electrons. The lowest BCUT2D eigenvalue weighted by Gasteiger charge is -2.14. The molecule has 0 amide bonds. The van der Waals surface area contributed by atoms with Crippen molar-refractivity contribution in [3.05, 3.63) is 41.0 Å². The first-order valence-corrected chi connectivity index (χ1v) is 7.08. The molecule has 3 aromatic rings. The Balaban J connectivity index is 2.39. The normalized spacial score (nSPS) is 17.0. The van der Waals surface area contributed by atoms with Crippen molar-refractivity contribution in [1.29, 1.82) is 0 Å². The van der Waals surface area contributed by atoms with Crippen molar-refractivity contribution < 1.29 is 15.3 Å². The predicted octanol–water partition coefficient (Wildman–Crippen LogP) is 1.75. The van der Waals surface area contributed by atoms with Gasteiger partial charge in [-0.2, -0.15) is 0 Å². The number of hydrogen-bond donors (Lipinski definition) is 3. The first kappa shape index (κ1) is 12.9. The molecule has 1 atom stereocenters. The molecule has 3 N–H and O–H groups in total. The number of hydrogen-bond acceptors (Lipinski definition) is 5. The van der Waals surface area contributed by atoms with Crippen LogP contribution < -0.4 is 10.7 Å². The smallest absolute Gasteiger partial charge is 0.135 e. The molecule has 0 saturated heterocycles. The first-order valence-electron chi connectivity index (χ1n) is 7.08. The SMILES string of the molecule is C[C@@H]1CN=c2cc(O)c3c(O)c4ccccc4c(O)c3c2=N1. The third kappa shape index (κ3) is 1.59. The molecule has 0 spiro atoms. The summed E-state index contributed by atoms with van der Waals surface area (Å²) in [4.78, 5) is 8.94. The second kappa shape index (κ2) is 4.34. The van der Waals surface area contributed by atoms with E-state index in [2.05, 4.69) is 9.98 Å². The van der Waals surface area contributed by atoms with Crippen LogP contribution in [0.25, 0.3) is 21.5 Å². The van der Waals surface area contributed by atoms with Crippen molar-refractivity contribution in [1.82, 2.24) is 0 Å². The molecular weight excluding hydrogens is 280 g/mol. The minimum absolute atomic E-state index is 0.00333. The average molecular weight is 294 g/mol. The van der Waals surface area contributed by atoms with Crippen molar-refractivity contribution in [2.45, 2.75) is 13.0 Å². The second-order valence-corrected chi connectivity index (χ2v) is 5.58. The monoisotopic (exact) mass is 294 g/mol. The largest absolute Gasteiger partial charge is 0.507 e. The molecule has 0 aromatic heterocycles. The van der Waals surface area contributed by atoms with Gasteiger partial charge in [0.1, 0.15) is 17.2 Å². The van der Waals surface area contributed by atoms with Gasteiger partial charge in [-0.3, -0.25) is 9.98 Å². The van der Waals surface area contributed by atoms with E-state index < -0.39 is 0 Å². The van der Waals surface area contributed by atoms with E-state index in [4.69, 9.17) is 0 Å². The number of aromatic hydroxyl groups is 3. The first-order chi connectivity index (χ1) is 10.6. The molecule has 1 aliphatic heterocycles. The van der Waals surface area contributed by atoms with E-state index in [9.17, 15) is 15.3 Å². The number of rotatable bonds is 0. The molecule has 1 aliphatic rings. The third-order valence-electron chi connectivity index (χ3n) is 4.05. The Labute approximate surface area is 125 Å². The summed E-state index contributed by atoms with van der Waals surface area (Å²) in [7, 11) is 0. The van der Waals surface area contributed by atoms with Crippen molar-refractivity contribution in [2.24, 2.45) is 9.98 Å². The van der Waals surface area contributed by atoms with Crippen LogP contribution in [0.15, 0.2) is 40.3 Å². The molecule has 22 heavy (non-hydrogen) atoms. The molecule has 1 heterocycles. The molecule has 0 saturated carbocycles. The van der Waals surface area contributed by atoms with Crippen LogP contribution in [0.2, 0.25) is 0 Å². The lowest BCUT2D eigenvalue weighted by atomic mass is 9.99. The van der Waals surface area contributed by atoms with Crippen molar-refractivity contribution in [2.75, 3.05) is 6.54 Å². The fraction of sp³-hybridized carbons (Fsp3) is 0.176. The Morgan fingerprint density at radius 1 is 1.00 bits per heavy atom. The summed E-state index contributed by atoms with van der Waals surface area (Å²) in [5, 5.41) is 34.1. The molecule has 0 bridgehead atoms. The van der Waals surface area contributed by atoms with Crippen LogP contribution in [0.1, 0.15) is 6.92 Å². The van der Waals surface area contributed by atoms with Crippen LogP contribution in [0.4, 0.5) is 0 Å². The molecule has 5 heteroatoms. The molecule has 0 aliphatic carbocycles. The van der Waals surface area contributed by atoms with Gasteiger partial charge in [-0.15, -0.1) is 0 Å². The molecule has 3 aromatic carbocycles. The maximum Gasteiger partial charge on any atom is 0.135 e. The van der Waals surface area contributed by atoms with E-state index >= 15 is 0 Å². The van der Waals surface area contributed by atoms with E-state index in [0.29, 0.717) is 33.4 Å². The van der Waals surface area contributed by atoms with Gasteiger partial charge < -0.3 is 15.3 Å². The van der Waals surface area contributed by atoms with Gasteiger partial charge >= 0.3 is 0 Å². The van der Waals surface area contributed by atoms with E-state index in [1.165, 1.54) is 6.07 Å². The average Bonchev–Trinajstić information content (AvgIpc) is 2.52. The van der Waals surface area contributed by atoms with Crippen LogP contribution in [0.3, 0.4) is 0 Å². The Hall–Kier alpha value is -2.82. The fourth-order valence-electron chi connectivity index (χ4n) is 3.02. The molecular formula is C17H14N2O3. The number of benzene rings is 3. The Morgan fingerprint density at radius 2 is 1.64 bits per heavy atom. The van der Waals surface area contributed by atoms with Gasteiger partial charge in [0.25, 0.3) is 0 Å². The van der Waals surface area contributed by atoms with Crippen LogP contribution in [0.5, 0.6) is 17.2 Å². The lowest BCUT2D eigenvalue weighted by molar-refractivity contribution is 0.461. The second-order valence-electron chi connectivity index (χ2n) is 5.58. The quantitative estimate of drug-likeness (QED) is 0.436. The van der Waals surface area contributed by atoms with Crippen LogP contribution in [0, 0.1) is 0 Å². The van der Waals surface area contributed by atoms with Gasteiger partial charge in [0.2, 0.25) is 0 Å². The minimum atomic E-state index is -0.110. The molecule has 0 fully saturated rings. The number of phenolic OH excluding ortho intramolecular Hbond substituents is 3. The minimum Gasteiger partial charge on any atom is -0.507 e. The summed E-state index contributed by atoms with van der Waals surface area (Å²) in [6.45, 7) is 2.47. The fourth-order valence-corrected chi connectivity index (χ4v) is 3.02. The standard InChI is InChI=1S/C17H14N2O3/c1-8-7-18-11-6-12(20)13-14(15(11)19-8)17(22)10-5-3-2-4-9(10)16(13)21/h2-6,8,20-22H,7H2,1H3/t8-/m1/s1. The maximum atomic E-state index is 10.7. The number of fused-ring (bicyclic) bond motifs is 4. The molecule has 0 unspecified atom stereocenters. The summed E-state index contributed by atoms with van der Waals surface area (Å²) in [5.74, 6) is -0.165. The topological polar surface area (TPSA) is 85.4 Å². The van der Waals surface area contributed by atoms with Crippen LogP contribution >= 0.6 is 0 Å². The van der Waals surface area contributed by atoms with Crippen LogP contribution in [-0.2, 0) is 0 Å². The van der Waals surface area contributed by atoms with E-state index in [1.807, 2.05) is 6.92 Å². The van der Waals surface area contributed by atoms with Gasteiger partial charge in [-0.25, -0.2) is 0 Å². The highest BCUT2D eigenvalue weighted by molar-refractivity contribution is 6.12. The Kier molecular flexibility index (Phi) is 2.54. The van der Waals surface area contributed by atoms with E-state index in [0.717, 1.165) is 0 Å². The number of nitrogens with zero attached hydrogens (tertiary/aromatic N) is 2. The Morgan fingerprint density at radius 3 is 2.32 bits per heavy atom. The van der Waals surface area contributed by atoms with Crippen molar-refractivity contribution >= 4 is 21.5 Å². The van der Waals surface area contributed by atoms with Crippen molar-refractivity contribution in [3.8, 4) is 17.2 Å². The number of phenols is 3. The molecule has 5 nitrogen and oxygen atoms in total. The van der Waals surface area contributed by atoms with Gasteiger partial charge in [0.15, 0.2) is 0 Å². The summed E-state index contributed by atoms with van der Waals surface area (Å²) in [5.41, 5.74) is 0. The van der Waals surface area contributed by atoms with Gasteiger partial charge in [0, 0.05) is 16.8 Å². The maximum absolute atomic E-state index is 10.7. The molecule has 4 rings (SSSR count). The van der Waals surface area contributed by atoms with Crippen LogP contribution in [-0.4, -0.2) is 27.9 Å². The predicted molar refractivity (Wildman–Crippen MR) is 83.1 cm³/mol. The van der Waals surface area contributed by atoms with Gasteiger partial charge in [-0.1, -0.05) is 24.3 Å². The highest BCUT2D eigenvalue weighted by atomic mass is 16.3. The van der Waals surface area contributed by atoms with Gasteiger partial charge in [0.05, 0.1) is 34.1 Å². The zero-order valence-electron chi connectivity index (χ0n) is 11.9. The summed E-state index contributed by atoms with van der Waals surface area (Å²) in [6, 6.07) is 8.46. The van der Waals surface area contributed by atoms with Gasteiger partial charge in [-0.05, 0) is 6.92 Å². The van der Waals surface area contributed by atoms with Crippen molar-refractivity contribution in [3.63, 3.8) is 0 Å². The zero-order valence-corrected chi connectivity index (χ0v) is 11.9. The molecule has 110 valence electrons. The summed E-state index contributed by atoms with van der Waals surface area (Å²) in [6.07, 6.45) is 0. The highest BCUT2D eigenvalue weighted by Gasteiger charge is 2.19. The van der Waals surface area contributed by atoms with E-state index in [1.54, 1.807) is 24.3 Å². The summed E-state index contributed by atoms with van der Waals surface area (Å²) < 4.78 is 0. The highest BCUT2D eigenvalue weighted by Crippen LogP contribution is 2.42. The zero-order chi connectivity index (χ0) is 15.4.